The van der Waals surface area contributed by atoms with E-state index in [4.69, 9.17) is 0 Å². The van der Waals surface area contributed by atoms with Crippen LogP contribution < -0.4 is 0 Å². The molecule has 0 aromatic heterocycles. The Balaban J connectivity index is 0.00000441. The van der Waals surface area contributed by atoms with Crippen LogP contribution >= 0.6 is 8.58 Å². The Morgan fingerprint density at radius 1 is 1.14 bits per heavy atom. The van der Waals surface area contributed by atoms with Crippen molar-refractivity contribution in [1.82, 2.24) is 0 Å². The van der Waals surface area contributed by atoms with Gasteiger partial charge < -0.3 is 0 Å². The summed E-state index contributed by atoms with van der Waals surface area (Å²) in [6.45, 7) is 13.4. The zero-order chi connectivity index (χ0) is 16.0. The minimum Gasteiger partial charge on any atom is -0.289 e. The van der Waals surface area contributed by atoms with E-state index in [0.29, 0.717) is 25.4 Å². The van der Waals surface area contributed by atoms with Gasteiger partial charge in [-0.15, -0.1) is 0 Å². The predicted octanol–water partition coefficient (Wildman–Crippen LogP) is 5.32. The molecule has 0 fully saturated rings. The van der Waals surface area contributed by atoms with E-state index in [1.165, 1.54) is 17.5 Å². The van der Waals surface area contributed by atoms with Crippen molar-refractivity contribution in [2.24, 2.45) is 11.3 Å². The molecule has 0 saturated heterocycles. The standard InChI is InChI=1S/C19H31OP.Li/c1-7-15-10-9-11-16(8-2)17(15)18(20)21-13-14(3)12-19(4,5)6;/h9-11,14,21H,7-8,12-13H2,1-6H3;. The third-order valence-electron chi connectivity index (χ3n) is 3.80. The largest absolute Gasteiger partial charge is 0.289 e. The first kappa shape index (κ1) is 21.9. The van der Waals surface area contributed by atoms with Gasteiger partial charge in [0, 0.05) is 24.4 Å². The zero-order valence-corrected chi connectivity index (χ0v) is 16.5. The average Bonchev–Trinajstić information content (AvgIpc) is 2.41. The van der Waals surface area contributed by atoms with E-state index in [0.717, 1.165) is 24.6 Å². The summed E-state index contributed by atoms with van der Waals surface area (Å²) >= 11 is 0. The van der Waals surface area contributed by atoms with Crippen molar-refractivity contribution in [2.45, 2.75) is 60.8 Å². The summed E-state index contributed by atoms with van der Waals surface area (Å²) in [5.41, 5.74) is 4.17. The first-order valence-electron chi connectivity index (χ1n) is 8.17. The van der Waals surface area contributed by atoms with Crippen LogP contribution in [0.1, 0.15) is 69.4 Å². The molecule has 1 rings (SSSR count). The van der Waals surface area contributed by atoms with Crippen LogP contribution in [0, 0.1) is 11.3 Å². The van der Waals surface area contributed by atoms with Gasteiger partial charge in [0.25, 0.3) is 0 Å². The Morgan fingerprint density at radius 3 is 2.05 bits per heavy atom. The Kier molecular flexibility index (Phi) is 9.89. The molecular weight excluding hydrogens is 282 g/mol. The number of benzene rings is 1. The van der Waals surface area contributed by atoms with Crippen LogP contribution in [0.2, 0.25) is 0 Å². The average molecular weight is 313 g/mol. The second-order valence-electron chi connectivity index (χ2n) is 7.24. The van der Waals surface area contributed by atoms with Crippen molar-refractivity contribution in [2.75, 3.05) is 6.16 Å². The van der Waals surface area contributed by atoms with E-state index in [2.05, 4.69) is 59.7 Å². The molecule has 0 aliphatic rings. The minimum absolute atomic E-state index is 0. The van der Waals surface area contributed by atoms with Gasteiger partial charge in [-0.05, 0) is 56.5 Å². The first-order valence-corrected chi connectivity index (χ1v) is 9.38. The van der Waals surface area contributed by atoms with Gasteiger partial charge in [0.05, 0.1) is 0 Å². The van der Waals surface area contributed by atoms with Crippen LogP contribution in [0.4, 0.5) is 0 Å². The normalized spacial score (nSPS) is 13.2. The van der Waals surface area contributed by atoms with E-state index in [1.807, 2.05) is 0 Å². The van der Waals surface area contributed by atoms with Gasteiger partial charge in [0.1, 0.15) is 0 Å². The third-order valence-corrected chi connectivity index (χ3v) is 5.27. The summed E-state index contributed by atoms with van der Waals surface area (Å²) in [7, 11) is 0.410. The maximum Gasteiger partial charge on any atom is 0.181 e. The van der Waals surface area contributed by atoms with Gasteiger partial charge in [-0.2, -0.15) is 0 Å². The molecule has 0 N–H and O–H groups in total. The molecule has 3 heteroatoms. The van der Waals surface area contributed by atoms with Gasteiger partial charge in [-0.25, -0.2) is 0 Å². The van der Waals surface area contributed by atoms with Crippen LogP contribution in [0.5, 0.6) is 0 Å². The van der Waals surface area contributed by atoms with Crippen LogP contribution in [-0.4, -0.2) is 30.5 Å². The fourth-order valence-electron chi connectivity index (χ4n) is 3.01. The molecular formula is C19H31LiOP. The smallest absolute Gasteiger partial charge is 0.181 e. The van der Waals surface area contributed by atoms with Crippen LogP contribution in [0.25, 0.3) is 0 Å². The van der Waals surface area contributed by atoms with E-state index in [-0.39, 0.29) is 18.9 Å². The summed E-state index contributed by atoms with van der Waals surface area (Å²) in [5.74, 6) is 0.617. The van der Waals surface area contributed by atoms with Crippen molar-refractivity contribution in [1.29, 1.82) is 0 Å². The van der Waals surface area contributed by atoms with E-state index >= 15 is 0 Å². The molecule has 1 radical (unpaired) electrons. The summed E-state index contributed by atoms with van der Waals surface area (Å²) in [5, 5.41) is 0. The summed E-state index contributed by atoms with van der Waals surface area (Å²) in [4.78, 5) is 12.7. The van der Waals surface area contributed by atoms with Crippen molar-refractivity contribution in [3.8, 4) is 0 Å². The molecule has 0 heterocycles. The van der Waals surface area contributed by atoms with E-state index in [9.17, 15) is 4.79 Å². The number of hydrogen-bond donors (Lipinski definition) is 0. The fraction of sp³-hybridized carbons (Fsp3) is 0.632. The van der Waals surface area contributed by atoms with Crippen molar-refractivity contribution >= 4 is 33.0 Å². The number of carbonyl (C=O) groups is 1. The van der Waals surface area contributed by atoms with Crippen LogP contribution in [0.3, 0.4) is 0 Å². The van der Waals surface area contributed by atoms with Crippen molar-refractivity contribution < 1.29 is 4.79 Å². The van der Waals surface area contributed by atoms with Crippen LogP contribution in [-0.2, 0) is 12.8 Å². The summed E-state index contributed by atoms with van der Waals surface area (Å²) in [6.07, 6.45) is 4.09. The quantitative estimate of drug-likeness (QED) is 0.492. The van der Waals surface area contributed by atoms with Crippen LogP contribution in [0.15, 0.2) is 18.2 Å². The summed E-state index contributed by atoms with van der Waals surface area (Å²) < 4.78 is 0. The molecule has 0 aliphatic heterocycles. The van der Waals surface area contributed by atoms with Crippen molar-refractivity contribution in [3.05, 3.63) is 34.9 Å². The molecule has 119 valence electrons. The molecule has 0 bridgehead atoms. The molecule has 1 aromatic carbocycles. The SMILES string of the molecule is CCc1cccc(CC)c1C(=O)PCC(C)CC(C)(C)C.[Li]. The maximum atomic E-state index is 12.7. The number of hydrogen-bond acceptors (Lipinski definition) is 1. The third kappa shape index (κ3) is 7.00. The monoisotopic (exact) mass is 313 g/mol. The van der Waals surface area contributed by atoms with Gasteiger partial charge in [0.15, 0.2) is 5.52 Å². The second-order valence-corrected chi connectivity index (χ2v) is 8.45. The Bertz CT molecular complexity index is 455. The fourth-order valence-corrected chi connectivity index (χ4v) is 4.18. The van der Waals surface area contributed by atoms with Crippen molar-refractivity contribution in [3.63, 3.8) is 0 Å². The zero-order valence-electron chi connectivity index (χ0n) is 15.5. The van der Waals surface area contributed by atoms with E-state index < -0.39 is 0 Å². The van der Waals surface area contributed by atoms with Gasteiger partial charge in [-0.3, -0.25) is 4.79 Å². The molecule has 2 unspecified atom stereocenters. The molecule has 2 atom stereocenters. The van der Waals surface area contributed by atoms with Gasteiger partial charge in [-0.1, -0.05) is 59.7 Å². The number of aryl methyl sites for hydroxylation is 2. The molecule has 0 aliphatic carbocycles. The minimum atomic E-state index is 0. The summed E-state index contributed by atoms with van der Waals surface area (Å²) in [6, 6.07) is 6.30. The molecule has 22 heavy (non-hydrogen) atoms. The van der Waals surface area contributed by atoms with Gasteiger partial charge >= 0.3 is 0 Å². The molecule has 1 nitrogen and oxygen atoms in total. The Morgan fingerprint density at radius 2 is 1.64 bits per heavy atom. The number of rotatable bonds is 7. The Hall–Kier alpha value is -0.0826. The predicted molar refractivity (Wildman–Crippen MR) is 102 cm³/mol. The topological polar surface area (TPSA) is 17.1 Å². The Labute approximate surface area is 151 Å². The molecule has 0 saturated carbocycles. The maximum absolute atomic E-state index is 12.7. The van der Waals surface area contributed by atoms with E-state index in [1.54, 1.807) is 0 Å². The second kappa shape index (κ2) is 9.92. The van der Waals surface area contributed by atoms with Gasteiger partial charge in [0.2, 0.25) is 0 Å². The molecule has 1 aromatic rings. The molecule has 0 spiro atoms. The molecule has 0 amide bonds. The number of carbonyl (C=O) groups excluding carboxylic acids is 1. The first-order chi connectivity index (χ1) is 9.78.